The van der Waals surface area contributed by atoms with Crippen molar-refractivity contribution < 1.29 is 4.42 Å². The Labute approximate surface area is 88.2 Å². The molecular formula is C12H12N2O. The SMILES string of the molecule is Cc1ccc(-c2ccc(/C=N/N)o2)cc1. The maximum Gasteiger partial charge on any atom is 0.147 e. The topological polar surface area (TPSA) is 51.5 Å². The molecule has 0 unspecified atom stereocenters. The van der Waals surface area contributed by atoms with Crippen molar-refractivity contribution in [1.82, 2.24) is 0 Å². The van der Waals surface area contributed by atoms with E-state index in [0.717, 1.165) is 11.3 Å². The summed E-state index contributed by atoms with van der Waals surface area (Å²) in [6.45, 7) is 2.05. The number of furan rings is 1. The highest BCUT2D eigenvalue weighted by atomic mass is 16.3. The van der Waals surface area contributed by atoms with Crippen molar-refractivity contribution in [3.8, 4) is 11.3 Å². The van der Waals surface area contributed by atoms with Crippen LogP contribution in [0.25, 0.3) is 11.3 Å². The van der Waals surface area contributed by atoms with Crippen LogP contribution in [0.15, 0.2) is 45.9 Å². The lowest BCUT2D eigenvalue weighted by atomic mass is 10.1. The van der Waals surface area contributed by atoms with Gasteiger partial charge in [-0.25, -0.2) is 0 Å². The predicted octanol–water partition coefficient (Wildman–Crippen LogP) is 2.55. The number of nitrogens with zero attached hydrogens (tertiary/aromatic N) is 1. The zero-order chi connectivity index (χ0) is 10.7. The summed E-state index contributed by atoms with van der Waals surface area (Å²) in [5.74, 6) is 6.52. The third kappa shape index (κ3) is 2.07. The summed E-state index contributed by atoms with van der Waals surface area (Å²) in [4.78, 5) is 0. The second-order valence-electron chi connectivity index (χ2n) is 3.35. The summed E-state index contributed by atoms with van der Waals surface area (Å²) < 4.78 is 5.52. The lowest BCUT2D eigenvalue weighted by molar-refractivity contribution is 0.575. The number of hydrogen-bond donors (Lipinski definition) is 1. The highest BCUT2D eigenvalue weighted by Crippen LogP contribution is 2.21. The van der Waals surface area contributed by atoms with Crippen LogP contribution in [0, 0.1) is 6.92 Å². The van der Waals surface area contributed by atoms with E-state index in [2.05, 4.69) is 24.2 Å². The first kappa shape index (κ1) is 9.52. The Morgan fingerprint density at radius 2 is 1.87 bits per heavy atom. The fourth-order valence-corrected chi connectivity index (χ4v) is 1.37. The first-order chi connectivity index (χ1) is 7.29. The maximum atomic E-state index is 5.52. The van der Waals surface area contributed by atoms with Crippen molar-refractivity contribution in [2.45, 2.75) is 6.92 Å². The van der Waals surface area contributed by atoms with Crippen molar-refractivity contribution in [3.63, 3.8) is 0 Å². The summed E-state index contributed by atoms with van der Waals surface area (Å²) in [6.07, 6.45) is 1.48. The van der Waals surface area contributed by atoms with Gasteiger partial charge < -0.3 is 10.3 Å². The Morgan fingerprint density at radius 3 is 2.53 bits per heavy atom. The van der Waals surface area contributed by atoms with Gasteiger partial charge in [0.05, 0.1) is 6.21 Å². The summed E-state index contributed by atoms with van der Waals surface area (Å²) in [7, 11) is 0. The van der Waals surface area contributed by atoms with Crippen molar-refractivity contribution in [1.29, 1.82) is 0 Å². The van der Waals surface area contributed by atoms with E-state index in [1.165, 1.54) is 11.8 Å². The van der Waals surface area contributed by atoms with Gasteiger partial charge in [-0.3, -0.25) is 0 Å². The molecule has 0 saturated heterocycles. The van der Waals surface area contributed by atoms with E-state index in [4.69, 9.17) is 10.3 Å². The molecule has 0 atom stereocenters. The number of hydrogen-bond acceptors (Lipinski definition) is 3. The lowest BCUT2D eigenvalue weighted by Crippen LogP contribution is -1.82. The molecule has 2 aromatic rings. The highest BCUT2D eigenvalue weighted by molar-refractivity contribution is 5.77. The van der Waals surface area contributed by atoms with E-state index in [1.807, 2.05) is 24.3 Å². The summed E-state index contributed by atoms with van der Waals surface area (Å²) in [6, 6.07) is 11.9. The smallest absolute Gasteiger partial charge is 0.147 e. The molecule has 3 heteroatoms. The second kappa shape index (κ2) is 4.00. The van der Waals surface area contributed by atoms with Crippen LogP contribution < -0.4 is 5.84 Å². The number of rotatable bonds is 2. The summed E-state index contributed by atoms with van der Waals surface area (Å²) in [5.41, 5.74) is 2.28. The third-order valence-corrected chi connectivity index (χ3v) is 2.16. The minimum absolute atomic E-state index is 0.660. The van der Waals surface area contributed by atoms with E-state index in [9.17, 15) is 0 Å². The highest BCUT2D eigenvalue weighted by Gasteiger charge is 2.02. The van der Waals surface area contributed by atoms with Gasteiger partial charge in [0.15, 0.2) is 0 Å². The molecule has 1 aromatic heterocycles. The van der Waals surface area contributed by atoms with Crippen LogP contribution in [-0.4, -0.2) is 6.21 Å². The van der Waals surface area contributed by atoms with Crippen LogP contribution in [-0.2, 0) is 0 Å². The largest absolute Gasteiger partial charge is 0.455 e. The van der Waals surface area contributed by atoms with Crippen LogP contribution in [0.5, 0.6) is 0 Å². The first-order valence-corrected chi connectivity index (χ1v) is 4.70. The average molecular weight is 200 g/mol. The van der Waals surface area contributed by atoms with E-state index in [-0.39, 0.29) is 0 Å². The van der Waals surface area contributed by atoms with E-state index in [0.29, 0.717) is 5.76 Å². The molecule has 1 aromatic carbocycles. The summed E-state index contributed by atoms with van der Waals surface area (Å²) >= 11 is 0. The van der Waals surface area contributed by atoms with Crippen LogP contribution >= 0.6 is 0 Å². The molecule has 0 fully saturated rings. The number of aryl methyl sites for hydroxylation is 1. The van der Waals surface area contributed by atoms with Gasteiger partial charge in [-0.2, -0.15) is 5.10 Å². The number of nitrogens with two attached hydrogens (primary N) is 1. The predicted molar refractivity (Wildman–Crippen MR) is 60.7 cm³/mol. The van der Waals surface area contributed by atoms with Crippen LogP contribution in [0.1, 0.15) is 11.3 Å². The van der Waals surface area contributed by atoms with Gasteiger partial charge in [-0.15, -0.1) is 0 Å². The Bertz CT molecular complexity index is 469. The minimum atomic E-state index is 0.660. The summed E-state index contributed by atoms with van der Waals surface area (Å²) in [5, 5.41) is 3.41. The van der Waals surface area contributed by atoms with Crippen molar-refractivity contribution in [2.75, 3.05) is 0 Å². The molecule has 2 N–H and O–H groups in total. The fraction of sp³-hybridized carbons (Fsp3) is 0.0833. The molecular weight excluding hydrogens is 188 g/mol. The zero-order valence-electron chi connectivity index (χ0n) is 8.47. The molecule has 0 aliphatic rings. The average Bonchev–Trinajstić information content (AvgIpc) is 2.68. The molecule has 76 valence electrons. The molecule has 0 aliphatic carbocycles. The lowest BCUT2D eigenvalue weighted by Gasteiger charge is -1.96. The van der Waals surface area contributed by atoms with Crippen molar-refractivity contribution >= 4 is 6.21 Å². The van der Waals surface area contributed by atoms with Gasteiger partial charge in [0.1, 0.15) is 11.5 Å². The molecule has 0 radical (unpaired) electrons. The molecule has 1 heterocycles. The van der Waals surface area contributed by atoms with Crippen LogP contribution in [0.3, 0.4) is 0 Å². The van der Waals surface area contributed by atoms with Gasteiger partial charge in [0, 0.05) is 5.56 Å². The molecule has 0 bridgehead atoms. The molecule has 0 saturated carbocycles. The number of benzene rings is 1. The van der Waals surface area contributed by atoms with E-state index < -0.39 is 0 Å². The quantitative estimate of drug-likeness (QED) is 0.460. The van der Waals surface area contributed by atoms with E-state index in [1.54, 1.807) is 0 Å². The zero-order valence-corrected chi connectivity index (χ0v) is 8.47. The first-order valence-electron chi connectivity index (χ1n) is 4.70. The van der Waals surface area contributed by atoms with Gasteiger partial charge >= 0.3 is 0 Å². The second-order valence-corrected chi connectivity index (χ2v) is 3.35. The Balaban J connectivity index is 2.33. The van der Waals surface area contributed by atoms with Crippen LogP contribution in [0.2, 0.25) is 0 Å². The van der Waals surface area contributed by atoms with Gasteiger partial charge in [-0.05, 0) is 19.1 Å². The Hall–Kier alpha value is -2.03. The Morgan fingerprint density at radius 1 is 1.13 bits per heavy atom. The molecule has 15 heavy (non-hydrogen) atoms. The van der Waals surface area contributed by atoms with Gasteiger partial charge in [0.2, 0.25) is 0 Å². The van der Waals surface area contributed by atoms with Gasteiger partial charge in [0.25, 0.3) is 0 Å². The van der Waals surface area contributed by atoms with Crippen molar-refractivity contribution in [3.05, 3.63) is 47.7 Å². The Kier molecular flexibility index (Phi) is 2.54. The standard InChI is InChI=1S/C12H12N2O/c1-9-2-4-10(5-3-9)12-7-6-11(15-12)8-14-13/h2-8H,13H2,1H3/b14-8+. The number of hydrazone groups is 1. The third-order valence-electron chi connectivity index (χ3n) is 2.16. The minimum Gasteiger partial charge on any atom is -0.455 e. The molecule has 0 aliphatic heterocycles. The fourth-order valence-electron chi connectivity index (χ4n) is 1.37. The molecule has 2 rings (SSSR count). The van der Waals surface area contributed by atoms with E-state index >= 15 is 0 Å². The monoisotopic (exact) mass is 200 g/mol. The molecule has 3 nitrogen and oxygen atoms in total. The van der Waals surface area contributed by atoms with Crippen LogP contribution in [0.4, 0.5) is 0 Å². The normalized spacial score (nSPS) is 11.0. The maximum absolute atomic E-state index is 5.52. The van der Waals surface area contributed by atoms with Crippen molar-refractivity contribution in [2.24, 2.45) is 10.9 Å². The van der Waals surface area contributed by atoms with Gasteiger partial charge in [-0.1, -0.05) is 29.8 Å². The molecule has 0 spiro atoms. The molecule has 0 amide bonds.